The van der Waals surface area contributed by atoms with Crippen molar-refractivity contribution in [1.29, 1.82) is 0 Å². The van der Waals surface area contributed by atoms with Crippen molar-refractivity contribution in [2.75, 3.05) is 26.7 Å². The van der Waals surface area contributed by atoms with E-state index in [-0.39, 0.29) is 24.3 Å². The Bertz CT molecular complexity index is 405. The van der Waals surface area contributed by atoms with E-state index in [4.69, 9.17) is 0 Å². The summed E-state index contributed by atoms with van der Waals surface area (Å²) in [5, 5.41) is 9.96. The Hall–Kier alpha value is -0.940. The van der Waals surface area contributed by atoms with E-state index in [0.717, 1.165) is 13.1 Å². The largest absolute Gasteiger partial charge is 0.387 e. The predicted molar refractivity (Wildman–Crippen MR) is 66.4 cm³/mol. The zero-order valence-corrected chi connectivity index (χ0v) is 10.5. The Morgan fingerprint density at radius 2 is 2.22 bits per heavy atom. The fraction of sp³-hybridized carbons (Fsp3) is 0.692. The lowest BCUT2D eigenvalue weighted by atomic mass is 9.72. The van der Waals surface area contributed by atoms with Crippen molar-refractivity contribution in [1.82, 2.24) is 16.0 Å². The topological polar surface area (TPSA) is 36.1 Å². The number of alkyl halides is 1. The molecule has 4 atom stereocenters. The molecule has 0 aromatic rings. The Morgan fingerprint density at radius 3 is 3.00 bits per heavy atom. The maximum atomic E-state index is 13.6. The molecule has 100 valence electrons. The van der Waals surface area contributed by atoms with Gasteiger partial charge in [0.05, 0.1) is 0 Å². The SMILES string of the molecule is CN[C@@H]1CNCC2=C1C1CC(F)C(F)=CC1CN2. The van der Waals surface area contributed by atoms with Crippen LogP contribution in [0.15, 0.2) is 23.2 Å². The molecule has 0 saturated carbocycles. The van der Waals surface area contributed by atoms with Crippen LogP contribution < -0.4 is 16.0 Å². The van der Waals surface area contributed by atoms with E-state index in [1.165, 1.54) is 17.3 Å². The summed E-state index contributed by atoms with van der Waals surface area (Å²) in [7, 11) is 1.91. The van der Waals surface area contributed by atoms with E-state index in [2.05, 4.69) is 16.0 Å². The Balaban J connectivity index is 1.95. The Kier molecular flexibility index (Phi) is 3.11. The molecule has 3 N–H and O–H groups in total. The molecule has 3 unspecified atom stereocenters. The highest BCUT2D eigenvalue weighted by atomic mass is 19.2. The molecular formula is C13H19F2N3. The minimum absolute atomic E-state index is 0.0877. The standard InChI is InChI=1S/C13H19F2N3/c1-16-11-5-17-6-12-13(11)8-3-10(15)9(14)2-7(8)4-18-12/h2,7-8,10-11,16-18H,3-6H2,1H3/t7?,8?,10?,11-/m1/s1. The van der Waals surface area contributed by atoms with Crippen LogP contribution in [0.5, 0.6) is 0 Å². The zero-order chi connectivity index (χ0) is 12.7. The van der Waals surface area contributed by atoms with E-state index in [1.807, 2.05) is 7.05 Å². The molecule has 0 aromatic heterocycles. The van der Waals surface area contributed by atoms with Crippen molar-refractivity contribution < 1.29 is 8.78 Å². The summed E-state index contributed by atoms with van der Waals surface area (Å²) >= 11 is 0. The van der Waals surface area contributed by atoms with Gasteiger partial charge in [0.15, 0.2) is 6.17 Å². The molecule has 0 bridgehead atoms. The number of allylic oxidation sites excluding steroid dienone is 1. The highest BCUT2D eigenvalue weighted by molar-refractivity contribution is 5.33. The fourth-order valence-corrected chi connectivity index (χ4v) is 3.40. The van der Waals surface area contributed by atoms with E-state index in [1.54, 1.807) is 0 Å². The molecule has 0 saturated heterocycles. The maximum absolute atomic E-state index is 13.6. The summed E-state index contributed by atoms with van der Waals surface area (Å²) < 4.78 is 27.0. The van der Waals surface area contributed by atoms with Crippen LogP contribution in [0.25, 0.3) is 0 Å². The van der Waals surface area contributed by atoms with Crippen LogP contribution >= 0.6 is 0 Å². The molecule has 0 spiro atoms. The van der Waals surface area contributed by atoms with Crippen LogP contribution in [0, 0.1) is 11.8 Å². The molecule has 5 heteroatoms. The van der Waals surface area contributed by atoms with Crippen molar-refractivity contribution in [3.8, 4) is 0 Å². The van der Waals surface area contributed by atoms with Crippen molar-refractivity contribution in [3.63, 3.8) is 0 Å². The summed E-state index contributed by atoms with van der Waals surface area (Å²) in [6.07, 6.45) is 0.335. The zero-order valence-electron chi connectivity index (χ0n) is 10.5. The van der Waals surface area contributed by atoms with Gasteiger partial charge in [0, 0.05) is 37.3 Å². The summed E-state index contributed by atoms with van der Waals surface area (Å²) in [6, 6.07) is 0.218. The molecular weight excluding hydrogens is 236 g/mol. The van der Waals surface area contributed by atoms with Gasteiger partial charge in [-0.1, -0.05) is 0 Å². The maximum Gasteiger partial charge on any atom is 0.152 e. The lowest BCUT2D eigenvalue weighted by Gasteiger charge is -2.43. The smallest absolute Gasteiger partial charge is 0.152 e. The molecule has 3 rings (SSSR count). The minimum Gasteiger partial charge on any atom is -0.387 e. The Labute approximate surface area is 106 Å². The predicted octanol–water partition coefficient (Wildman–Crippen LogP) is 0.863. The van der Waals surface area contributed by atoms with Crippen molar-refractivity contribution >= 4 is 0 Å². The number of nitrogens with one attached hydrogen (secondary N) is 3. The van der Waals surface area contributed by atoms with Gasteiger partial charge in [0.2, 0.25) is 0 Å². The minimum atomic E-state index is -1.43. The summed E-state index contributed by atoms with van der Waals surface area (Å²) in [4.78, 5) is 0. The van der Waals surface area contributed by atoms with Gasteiger partial charge in [0.25, 0.3) is 0 Å². The van der Waals surface area contributed by atoms with Gasteiger partial charge < -0.3 is 16.0 Å². The van der Waals surface area contributed by atoms with E-state index < -0.39 is 12.0 Å². The first kappa shape index (κ1) is 12.1. The van der Waals surface area contributed by atoms with Crippen molar-refractivity contribution in [2.24, 2.45) is 11.8 Å². The average Bonchev–Trinajstić information content (AvgIpc) is 2.39. The first-order chi connectivity index (χ1) is 8.70. The molecule has 0 amide bonds. The van der Waals surface area contributed by atoms with E-state index in [9.17, 15) is 8.78 Å². The monoisotopic (exact) mass is 255 g/mol. The number of fused-ring (bicyclic) bond motifs is 2. The third kappa shape index (κ3) is 1.86. The summed E-state index contributed by atoms with van der Waals surface area (Å²) in [5.74, 6) is -0.364. The lowest BCUT2D eigenvalue weighted by Crippen LogP contribution is -2.53. The second kappa shape index (κ2) is 4.63. The van der Waals surface area contributed by atoms with Crippen molar-refractivity contribution in [3.05, 3.63) is 23.2 Å². The van der Waals surface area contributed by atoms with Crippen LogP contribution in [-0.2, 0) is 0 Å². The lowest BCUT2D eigenvalue weighted by molar-refractivity contribution is 0.210. The molecule has 0 radical (unpaired) electrons. The first-order valence-corrected chi connectivity index (χ1v) is 6.56. The quantitative estimate of drug-likeness (QED) is 0.650. The second-order valence-corrected chi connectivity index (χ2v) is 5.31. The number of hydrogen-bond donors (Lipinski definition) is 3. The second-order valence-electron chi connectivity index (χ2n) is 5.31. The summed E-state index contributed by atoms with van der Waals surface area (Å²) in [5.41, 5.74) is 2.42. The van der Waals surface area contributed by atoms with Crippen LogP contribution in [0.1, 0.15) is 6.42 Å². The van der Waals surface area contributed by atoms with Crippen LogP contribution in [-0.4, -0.2) is 38.9 Å². The van der Waals surface area contributed by atoms with Crippen LogP contribution in [0.4, 0.5) is 8.78 Å². The molecule has 2 aliphatic heterocycles. The molecule has 2 heterocycles. The fourth-order valence-electron chi connectivity index (χ4n) is 3.40. The third-order valence-corrected chi connectivity index (χ3v) is 4.32. The normalized spacial score (nSPS) is 39.6. The number of rotatable bonds is 1. The molecule has 1 aliphatic carbocycles. The average molecular weight is 255 g/mol. The molecule has 18 heavy (non-hydrogen) atoms. The molecule has 0 aromatic carbocycles. The van der Waals surface area contributed by atoms with Gasteiger partial charge >= 0.3 is 0 Å². The first-order valence-electron chi connectivity index (χ1n) is 6.56. The highest BCUT2D eigenvalue weighted by Gasteiger charge is 2.40. The number of halogens is 2. The van der Waals surface area contributed by atoms with Gasteiger partial charge in [-0.3, -0.25) is 0 Å². The highest BCUT2D eigenvalue weighted by Crippen LogP contribution is 2.40. The molecule has 0 fully saturated rings. The van der Waals surface area contributed by atoms with Crippen molar-refractivity contribution in [2.45, 2.75) is 18.6 Å². The van der Waals surface area contributed by atoms with Gasteiger partial charge in [0.1, 0.15) is 5.83 Å². The Morgan fingerprint density at radius 1 is 1.39 bits per heavy atom. The van der Waals surface area contributed by atoms with Gasteiger partial charge in [-0.2, -0.15) is 0 Å². The van der Waals surface area contributed by atoms with Crippen LogP contribution in [0.2, 0.25) is 0 Å². The molecule has 3 aliphatic rings. The van der Waals surface area contributed by atoms with E-state index >= 15 is 0 Å². The number of hydrogen-bond acceptors (Lipinski definition) is 3. The van der Waals surface area contributed by atoms with Gasteiger partial charge in [-0.15, -0.1) is 0 Å². The molecule has 3 nitrogen and oxygen atoms in total. The van der Waals surface area contributed by atoms with Gasteiger partial charge in [-0.05, 0) is 31.0 Å². The van der Waals surface area contributed by atoms with E-state index in [0.29, 0.717) is 6.54 Å². The van der Waals surface area contributed by atoms with Gasteiger partial charge in [-0.25, -0.2) is 8.78 Å². The van der Waals surface area contributed by atoms with Crippen LogP contribution in [0.3, 0.4) is 0 Å². The summed E-state index contributed by atoms with van der Waals surface area (Å²) in [6.45, 7) is 2.37. The number of likely N-dealkylation sites (N-methyl/N-ethyl adjacent to an activating group) is 1. The third-order valence-electron chi connectivity index (χ3n) is 4.32.